The summed E-state index contributed by atoms with van der Waals surface area (Å²) in [4.78, 5) is 0. The lowest BCUT2D eigenvalue weighted by molar-refractivity contribution is 0.184. The smallest absolute Gasteiger partial charge is 0.150 e. The molecule has 0 radical (unpaired) electrons. The molecule has 2 rings (SSSR count). The molecule has 6 heteroatoms. The number of benzene rings is 1. The fraction of sp³-hybridized carbons (Fsp3) is 0.600. The van der Waals surface area contributed by atoms with Gasteiger partial charge in [0.25, 0.3) is 0 Å². The lowest BCUT2D eigenvalue weighted by atomic mass is 9.94. The van der Waals surface area contributed by atoms with Crippen LogP contribution in [0.2, 0.25) is 0 Å². The van der Waals surface area contributed by atoms with E-state index in [1.165, 1.54) is 6.26 Å². The molecule has 1 aliphatic carbocycles. The molecule has 0 heterocycles. The first-order chi connectivity index (χ1) is 9.91. The molecule has 1 saturated carbocycles. The number of rotatable bonds is 5. The van der Waals surface area contributed by atoms with Crippen molar-refractivity contribution < 1.29 is 13.2 Å². The van der Waals surface area contributed by atoms with Crippen LogP contribution in [-0.2, 0) is 21.2 Å². The lowest BCUT2D eigenvalue weighted by Gasteiger charge is -2.30. The van der Waals surface area contributed by atoms with Crippen LogP contribution in [0.5, 0.6) is 0 Å². The Labute approximate surface area is 135 Å². The summed E-state index contributed by atoms with van der Waals surface area (Å²) in [5.74, 6) is 0. The molecule has 2 unspecified atom stereocenters. The van der Waals surface area contributed by atoms with Gasteiger partial charge in [-0.15, -0.1) is 0 Å². The Balaban J connectivity index is 2.13. The molecule has 0 amide bonds. The van der Waals surface area contributed by atoms with Crippen molar-refractivity contribution in [2.75, 3.05) is 18.7 Å². The van der Waals surface area contributed by atoms with E-state index in [9.17, 15) is 8.42 Å². The summed E-state index contributed by atoms with van der Waals surface area (Å²) < 4.78 is 29.8. The molecule has 1 aromatic carbocycles. The number of halogens is 1. The lowest BCUT2D eigenvalue weighted by Crippen LogP contribution is -2.34. The minimum atomic E-state index is -2.95. The van der Waals surface area contributed by atoms with E-state index >= 15 is 0 Å². The van der Waals surface area contributed by atoms with Crippen molar-refractivity contribution >= 4 is 31.5 Å². The van der Waals surface area contributed by atoms with E-state index < -0.39 is 9.84 Å². The fourth-order valence-electron chi connectivity index (χ4n) is 2.87. The summed E-state index contributed by atoms with van der Waals surface area (Å²) in [6.07, 6.45) is 4.75. The van der Waals surface area contributed by atoms with Crippen LogP contribution in [0.4, 0.5) is 5.69 Å². The number of anilines is 1. The van der Waals surface area contributed by atoms with Gasteiger partial charge >= 0.3 is 0 Å². The van der Waals surface area contributed by atoms with Crippen LogP contribution in [0.25, 0.3) is 0 Å². The van der Waals surface area contributed by atoms with Gasteiger partial charge in [-0.05, 0) is 31.4 Å². The Bertz CT molecular complexity index is 589. The Hall–Kier alpha value is -0.590. The molecule has 1 aromatic rings. The molecule has 0 bridgehead atoms. The SMILES string of the molecule is COCc1c(Br)cccc1NC1CCCC(S(C)(=O)=O)C1. The van der Waals surface area contributed by atoms with Gasteiger partial charge < -0.3 is 10.1 Å². The number of hydrogen-bond acceptors (Lipinski definition) is 4. The van der Waals surface area contributed by atoms with Gasteiger partial charge in [0.2, 0.25) is 0 Å². The highest BCUT2D eigenvalue weighted by Crippen LogP contribution is 2.30. The average molecular weight is 376 g/mol. The Morgan fingerprint density at radius 2 is 2.14 bits per heavy atom. The summed E-state index contributed by atoms with van der Waals surface area (Å²) in [7, 11) is -1.28. The van der Waals surface area contributed by atoms with Gasteiger partial charge in [-0.1, -0.05) is 28.4 Å². The molecule has 21 heavy (non-hydrogen) atoms. The second-order valence-corrected chi connectivity index (χ2v) is 8.84. The number of sulfone groups is 1. The van der Waals surface area contributed by atoms with Gasteiger partial charge in [0, 0.05) is 35.1 Å². The molecule has 4 nitrogen and oxygen atoms in total. The molecule has 0 spiro atoms. The van der Waals surface area contributed by atoms with Crippen molar-refractivity contribution in [1.82, 2.24) is 0 Å². The van der Waals surface area contributed by atoms with Crippen LogP contribution < -0.4 is 5.32 Å². The number of methoxy groups -OCH3 is 1. The van der Waals surface area contributed by atoms with E-state index in [4.69, 9.17) is 4.74 Å². The number of ether oxygens (including phenoxy) is 1. The van der Waals surface area contributed by atoms with Gasteiger partial charge in [0.05, 0.1) is 11.9 Å². The number of nitrogens with one attached hydrogen (secondary N) is 1. The normalized spacial score (nSPS) is 23.0. The maximum Gasteiger partial charge on any atom is 0.150 e. The molecule has 2 atom stereocenters. The van der Waals surface area contributed by atoms with Crippen molar-refractivity contribution in [2.24, 2.45) is 0 Å². The average Bonchev–Trinajstić information content (AvgIpc) is 2.42. The summed E-state index contributed by atoms with van der Waals surface area (Å²) in [6.45, 7) is 0.520. The van der Waals surface area contributed by atoms with E-state index in [0.29, 0.717) is 13.0 Å². The monoisotopic (exact) mass is 375 g/mol. The minimum Gasteiger partial charge on any atom is -0.382 e. The van der Waals surface area contributed by atoms with E-state index in [0.717, 1.165) is 35.0 Å². The topological polar surface area (TPSA) is 55.4 Å². The second-order valence-electron chi connectivity index (χ2n) is 5.66. The minimum absolute atomic E-state index is 0.198. The van der Waals surface area contributed by atoms with Crippen molar-refractivity contribution in [1.29, 1.82) is 0 Å². The van der Waals surface area contributed by atoms with Crippen molar-refractivity contribution in [3.05, 3.63) is 28.2 Å². The van der Waals surface area contributed by atoms with E-state index in [1.54, 1.807) is 7.11 Å². The molecule has 1 fully saturated rings. The van der Waals surface area contributed by atoms with Crippen LogP contribution in [0.3, 0.4) is 0 Å². The van der Waals surface area contributed by atoms with Crippen LogP contribution >= 0.6 is 15.9 Å². The first kappa shape index (κ1) is 16.8. The molecule has 0 aliphatic heterocycles. The van der Waals surface area contributed by atoms with Crippen molar-refractivity contribution in [3.8, 4) is 0 Å². The van der Waals surface area contributed by atoms with Crippen LogP contribution in [0.15, 0.2) is 22.7 Å². The molecular formula is C15H22BrNO3S. The zero-order valence-corrected chi connectivity index (χ0v) is 14.8. The zero-order valence-electron chi connectivity index (χ0n) is 12.4. The highest BCUT2D eigenvalue weighted by atomic mass is 79.9. The predicted octanol–water partition coefficient (Wildman–Crippen LogP) is 3.36. The maximum atomic E-state index is 11.8. The standard InChI is InChI=1S/C15H22BrNO3S/c1-20-10-13-14(16)7-4-8-15(13)17-11-5-3-6-12(9-11)21(2,18)19/h4,7-8,11-12,17H,3,5-6,9-10H2,1-2H3. The maximum absolute atomic E-state index is 11.8. The van der Waals surface area contributed by atoms with Gasteiger partial charge in [0.15, 0.2) is 0 Å². The number of hydrogen-bond donors (Lipinski definition) is 1. The molecule has 1 aliphatic rings. The van der Waals surface area contributed by atoms with Gasteiger partial charge in [-0.25, -0.2) is 8.42 Å². The summed E-state index contributed by atoms with van der Waals surface area (Å²) in [5, 5.41) is 3.28. The van der Waals surface area contributed by atoms with E-state index in [-0.39, 0.29) is 11.3 Å². The second kappa shape index (κ2) is 7.11. The van der Waals surface area contributed by atoms with Gasteiger partial charge in [-0.3, -0.25) is 0 Å². The Morgan fingerprint density at radius 1 is 1.38 bits per heavy atom. The molecule has 1 N–H and O–H groups in total. The summed E-state index contributed by atoms with van der Waals surface area (Å²) >= 11 is 3.54. The summed E-state index contributed by atoms with van der Waals surface area (Å²) in [5.41, 5.74) is 2.09. The third-order valence-electron chi connectivity index (χ3n) is 4.00. The molecule has 0 saturated heterocycles. The van der Waals surface area contributed by atoms with Crippen molar-refractivity contribution in [2.45, 2.75) is 43.6 Å². The first-order valence-electron chi connectivity index (χ1n) is 7.13. The molecule has 118 valence electrons. The highest BCUT2D eigenvalue weighted by Gasteiger charge is 2.29. The third-order valence-corrected chi connectivity index (χ3v) is 6.38. The zero-order chi connectivity index (χ0) is 15.5. The van der Waals surface area contributed by atoms with E-state index in [1.807, 2.05) is 18.2 Å². The highest BCUT2D eigenvalue weighted by molar-refractivity contribution is 9.10. The first-order valence-corrected chi connectivity index (χ1v) is 9.88. The fourth-order valence-corrected chi connectivity index (χ4v) is 4.53. The van der Waals surface area contributed by atoms with Crippen LogP contribution in [0, 0.1) is 0 Å². The van der Waals surface area contributed by atoms with Gasteiger partial charge in [-0.2, -0.15) is 0 Å². The molecule has 0 aromatic heterocycles. The largest absolute Gasteiger partial charge is 0.382 e. The van der Waals surface area contributed by atoms with Crippen LogP contribution in [-0.4, -0.2) is 33.1 Å². The quantitative estimate of drug-likeness (QED) is 0.856. The van der Waals surface area contributed by atoms with E-state index in [2.05, 4.69) is 21.2 Å². The molecular weight excluding hydrogens is 354 g/mol. The van der Waals surface area contributed by atoms with Crippen molar-refractivity contribution in [3.63, 3.8) is 0 Å². The predicted molar refractivity (Wildman–Crippen MR) is 89.4 cm³/mol. The summed E-state index contributed by atoms with van der Waals surface area (Å²) in [6, 6.07) is 6.18. The Morgan fingerprint density at radius 3 is 2.81 bits per heavy atom. The van der Waals surface area contributed by atoms with Gasteiger partial charge in [0.1, 0.15) is 9.84 Å². The Kier molecular flexibility index (Phi) is 5.68. The third kappa shape index (κ3) is 4.44. The van der Waals surface area contributed by atoms with Crippen LogP contribution in [0.1, 0.15) is 31.2 Å².